The first kappa shape index (κ1) is 13.2. The number of halogens is 1. The van der Waals surface area contributed by atoms with Crippen molar-refractivity contribution in [1.29, 1.82) is 0 Å². The fraction of sp³-hybridized carbons (Fsp3) is 0.417. The van der Waals surface area contributed by atoms with Gasteiger partial charge in [-0.3, -0.25) is 0 Å². The van der Waals surface area contributed by atoms with Crippen LogP contribution >= 0.6 is 15.9 Å². The second-order valence-electron chi connectivity index (χ2n) is 4.51. The molecule has 0 radical (unpaired) electrons. The topological polar surface area (TPSA) is 46.5 Å². The number of aromatic carboxylic acids is 1. The quantitative estimate of drug-likeness (QED) is 0.926. The van der Waals surface area contributed by atoms with Gasteiger partial charge in [0.15, 0.2) is 0 Å². The number of hydrogen-bond acceptors (Lipinski definition) is 2. The normalized spacial score (nSPS) is 11.5. The summed E-state index contributed by atoms with van der Waals surface area (Å²) < 4.78 is 6.38. The maximum Gasteiger partial charge on any atom is 0.335 e. The molecule has 16 heavy (non-hydrogen) atoms. The first-order chi connectivity index (χ1) is 7.29. The molecule has 1 aromatic carbocycles. The van der Waals surface area contributed by atoms with E-state index in [0.29, 0.717) is 6.61 Å². The molecule has 0 spiro atoms. The molecule has 0 aliphatic heterocycles. The Morgan fingerprint density at radius 1 is 1.44 bits per heavy atom. The Hall–Kier alpha value is -0.870. The van der Waals surface area contributed by atoms with Gasteiger partial charge in [0, 0.05) is 4.47 Å². The molecule has 1 N–H and O–H groups in total. The standard InChI is InChI=1S/C12H15BrO3/c1-12(2,3)16-7-9-5-4-8(11(14)15)6-10(9)13/h4-6H,7H2,1-3H3,(H,14,15). The molecule has 0 fully saturated rings. The van der Waals surface area contributed by atoms with Gasteiger partial charge in [-0.05, 0) is 38.5 Å². The fourth-order valence-corrected chi connectivity index (χ4v) is 1.58. The van der Waals surface area contributed by atoms with Gasteiger partial charge in [0.2, 0.25) is 0 Å². The van der Waals surface area contributed by atoms with E-state index in [9.17, 15) is 4.79 Å². The highest BCUT2D eigenvalue weighted by Gasteiger charge is 2.12. The van der Waals surface area contributed by atoms with E-state index in [1.165, 1.54) is 0 Å². The van der Waals surface area contributed by atoms with Crippen molar-refractivity contribution < 1.29 is 14.6 Å². The van der Waals surface area contributed by atoms with Gasteiger partial charge in [-0.15, -0.1) is 0 Å². The number of benzene rings is 1. The molecule has 1 aromatic rings. The molecule has 3 nitrogen and oxygen atoms in total. The summed E-state index contributed by atoms with van der Waals surface area (Å²) in [6, 6.07) is 4.93. The zero-order valence-corrected chi connectivity index (χ0v) is 11.2. The molecule has 0 atom stereocenters. The van der Waals surface area contributed by atoms with Gasteiger partial charge in [-0.2, -0.15) is 0 Å². The van der Waals surface area contributed by atoms with E-state index >= 15 is 0 Å². The van der Waals surface area contributed by atoms with E-state index in [0.717, 1.165) is 10.0 Å². The lowest BCUT2D eigenvalue weighted by Crippen LogP contribution is -2.18. The van der Waals surface area contributed by atoms with E-state index in [1.54, 1.807) is 18.2 Å². The van der Waals surface area contributed by atoms with Crippen LogP contribution in [0.3, 0.4) is 0 Å². The highest BCUT2D eigenvalue weighted by Crippen LogP contribution is 2.21. The summed E-state index contributed by atoms with van der Waals surface area (Å²) in [7, 11) is 0. The monoisotopic (exact) mass is 286 g/mol. The Morgan fingerprint density at radius 2 is 2.06 bits per heavy atom. The Balaban J connectivity index is 2.80. The van der Waals surface area contributed by atoms with Gasteiger partial charge < -0.3 is 9.84 Å². The van der Waals surface area contributed by atoms with Crippen molar-refractivity contribution in [3.05, 3.63) is 33.8 Å². The molecule has 4 heteroatoms. The predicted octanol–water partition coefficient (Wildman–Crippen LogP) is 3.46. The molecular weight excluding hydrogens is 272 g/mol. The average Bonchev–Trinajstić information content (AvgIpc) is 2.14. The van der Waals surface area contributed by atoms with Gasteiger partial charge in [0.1, 0.15) is 0 Å². The Morgan fingerprint density at radius 3 is 2.50 bits per heavy atom. The highest BCUT2D eigenvalue weighted by molar-refractivity contribution is 9.10. The Bertz CT molecular complexity index is 394. The van der Waals surface area contributed by atoms with Crippen LogP contribution in [-0.4, -0.2) is 16.7 Å². The predicted molar refractivity (Wildman–Crippen MR) is 65.6 cm³/mol. The first-order valence-electron chi connectivity index (χ1n) is 4.95. The van der Waals surface area contributed by atoms with Gasteiger partial charge in [-0.25, -0.2) is 4.79 Å². The van der Waals surface area contributed by atoms with Crippen molar-refractivity contribution in [1.82, 2.24) is 0 Å². The van der Waals surface area contributed by atoms with Crippen LogP contribution in [0.2, 0.25) is 0 Å². The number of carboxylic acids is 1. The summed E-state index contributed by atoms with van der Waals surface area (Å²) >= 11 is 3.34. The van der Waals surface area contributed by atoms with Crippen molar-refractivity contribution in [2.45, 2.75) is 33.0 Å². The summed E-state index contributed by atoms with van der Waals surface area (Å²) in [6.07, 6.45) is 0. The largest absolute Gasteiger partial charge is 0.478 e. The van der Waals surface area contributed by atoms with Crippen LogP contribution in [0.1, 0.15) is 36.7 Å². The minimum atomic E-state index is -0.927. The van der Waals surface area contributed by atoms with Crippen molar-refractivity contribution in [3.8, 4) is 0 Å². The van der Waals surface area contributed by atoms with Crippen molar-refractivity contribution >= 4 is 21.9 Å². The van der Waals surface area contributed by atoms with Crippen LogP contribution in [0.15, 0.2) is 22.7 Å². The second kappa shape index (κ2) is 4.97. The zero-order chi connectivity index (χ0) is 12.3. The Kier molecular flexibility index (Phi) is 4.10. The number of carbonyl (C=O) groups is 1. The maximum absolute atomic E-state index is 10.7. The van der Waals surface area contributed by atoms with Crippen molar-refractivity contribution in [3.63, 3.8) is 0 Å². The van der Waals surface area contributed by atoms with Crippen LogP contribution in [0.4, 0.5) is 0 Å². The molecule has 0 bridgehead atoms. The molecule has 0 unspecified atom stereocenters. The summed E-state index contributed by atoms with van der Waals surface area (Å²) in [6.45, 7) is 6.40. The number of hydrogen-bond donors (Lipinski definition) is 1. The molecule has 0 amide bonds. The third-order valence-corrected chi connectivity index (χ3v) is 2.70. The second-order valence-corrected chi connectivity index (χ2v) is 5.37. The van der Waals surface area contributed by atoms with Crippen LogP contribution in [0.5, 0.6) is 0 Å². The molecule has 0 aliphatic carbocycles. The van der Waals surface area contributed by atoms with Crippen LogP contribution in [0.25, 0.3) is 0 Å². The summed E-state index contributed by atoms with van der Waals surface area (Å²) in [5, 5.41) is 8.81. The number of rotatable bonds is 3. The van der Waals surface area contributed by atoms with E-state index in [4.69, 9.17) is 9.84 Å². The molecule has 0 heterocycles. The van der Waals surface area contributed by atoms with Crippen LogP contribution in [-0.2, 0) is 11.3 Å². The lowest BCUT2D eigenvalue weighted by atomic mass is 10.1. The Labute approximate surface area is 104 Å². The maximum atomic E-state index is 10.7. The summed E-state index contributed by atoms with van der Waals surface area (Å²) in [5.41, 5.74) is 1.01. The van der Waals surface area contributed by atoms with Gasteiger partial charge in [0.25, 0.3) is 0 Å². The van der Waals surface area contributed by atoms with E-state index in [1.807, 2.05) is 20.8 Å². The summed E-state index contributed by atoms with van der Waals surface area (Å²) in [4.78, 5) is 10.7. The van der Waals surface area contributed by atoms with E-state index in [2.05, 4.69) is 15.9 Å². The van der Waals surface area contributed by atoms with Gasteiger partial charge in [-0.1, -0.05) is 22.0 Å². The third kappa shape index (κ3) is 3.94. The third-order valence-electron chi connectivity index (χ3n) is 1.96. The smallest absolute Gasteiger partial charge is 0.335 e. The SMILES string of the molecule is CC(C)(C)OCc1ccc(C(=O)O)cc1Br. The minimum absolute atomic E-state index is 0.203. The average molecular weight is 287 g/mol. The molecule has 0 saturated carbocycles. The fourth-order valence-electron chi connectivity index (χ4n) is 1.09. The molecule has 0 saturated heterocycles. The lowest BCUT2D eigenvalue weighted by molar-refractivity contribution is -0.0152. The summed E-state index contributed by atoms with van der Waals surface area (Å²) in [5.74, 6) is -0.927. The minimum Gasteiger partial charge on any atom is -0.478 e. The lowest BCUT2D eigenvalue weighted by Gasteiger charge is -2.20. The van der Waals surface area contributed by atoms with Crippen molar-refractivity contribution in [2.24, 2.45) is 0 Å². The van der Waals surface area contributed by atoms with Crippen molar-refractivity contribution in [2.75, 3.05) is 0 Å². The first-order valence-corrected chi connectivity index (χ1v) is 5.74. The van der Waals surface area contributed by atoms with Crippen LogP contribution < -0.4 is 0 Å². The molecule has 0 aromatic heterocycles. The highest BCUT2D eigenvalue weighted by atomic mass is 79.9. The van der Waals surface area contributed by atoms with E-state index < -0.39 is 5.97 Å². The number of ether oxygens (including phenoxy) is 1. The molecule has 88 valence electrons. The molecule has 1 rings (SSSR count). The zero-order valence-electron chi connectivity index (χ0n) is 9.58. The molecular formula is C12H15BrO3. The molecule has 0 aliphatic rings. The van der Waals surface area contributed by atoms with Crippen LogP contribution in [0, 0.1) is 0 Å². The number of carboxylic acid groups (broad SMARTS) is 1. The van der Waals surface area contributed by atoms with E-state index in [-0.39, 0.29) is 11.2 Å². The van der Waals surface area contributed by atoms with Gasteiger partial charge >= 0.3 is 5.97 Å². The van der Waals surface area contributed by atoms with Gasteiger partial charge in [0.05, 0.1) is 17.8 Å².